The number of fused-ring (bicyclic) bond motifs is 1. The number of aryl methyl sites for hydroxylation is 3. The normalized spacial score (nSPS) is 17.9. The first kappa shape index (κ1) is 33.3. The molecule has 0 saturated carbocycles. The molecule has 1 amide bonds. The first-order chi connectivity index (χ1) is 21.6. The fraction of sp³-hybridized carbons (Fsp3) is 0.548. The molecule has 15 heteroatoms. The van der Waals surface area contributed by atoms with Gasteiger partial charge in [0, 0.05) is 38.4 Å². The number of benzene rings is 2. The number of nitrogens with zero attached hydrogens (tertiary/aromatic N) is 7. The molecule has 5 rings (SSSR count). The van der Waals surface area contributed by atoms with Crippen LogP contribution in [0.1, 0.15) is 65.1 Å². The average Bonchev–Trinajstić information content (AvgIpc) is 3.34. The molecule has 250 valence electrons. The Morgan fingerprint density at radius 1 is 0.957 bits per heavy atom. The van der Waals surface area contributed by atoms with Crippen molar-refractivity contribution in [3.63, 3.8) is 0 Å². The van der Waals surface area contributed by atoms with E-state index < -0.39 is 29.5 Å². The maximum Gasteiger partial charge on any atom is 0.416 e. The number of aromatic nitrogens is 4. The van der Waals surface area contributed by atoms with Gasteiger partial charge in [-0.05, 0) is 85.6 Å². The molecule has 0 bridgehead atoms. The quantitative estimate of drug-likeness (QED) is 0.275. The SMILES string of the molecule is COC(=O)N1CCC(CN2CCC[C@@H](N(Cc3cc(C(F)(F)F)cc(C(F)(F)F)c3)c3nnn(C)n3)c3cc(C)cc(C)c32)CC1. The summed E-state index contributed by atoms with van der Waals surface area (Å²) in [6.07, 6.45) is -7.41. The number of piperidine rings is 1. The summed E-state index contributed by atoms with van der Waals surface area (Å²) in [5.74, 6) is 0.418. The minimum absolute atomic E-state index is 0.104. The van der Waals surface area contributed by atoms with Crippen LogP contribution in [0.4, 0.5) is 42.8 Å². The van der Waals surface area contributed by atoms with Crippen LogP contribution in [0.5, 0.6) is 0 Å². The molecule has 2 aliphatic heterocycles. The average molecular weight is 654 g/mol. The van der Waals surface area contributed by atoms with E-state index in [-0.39, 0.29) is 30.2 Å². The fourth-order valence-electron chi connectivity index (χ4n) is 6.68. The number of hydrogen-bond donors (Lipinski definition) is 0. The van der Waals surface area contributed by atoms with E-state index in [1.165, 1.54) is 11.9 Å². The number of halogens is 6. The Hall–Kier alpha value is -4.04. The highest BCUT2D eigenvalue weighted by Gasteiger charge is 2.38. The second-order valence-corrected chi connectivity index (χ2v) is 12.1. The molecule has 2 aliphatic rings. The molecule has 0 radical (unpaired) electrons. The molecule has 1 saturated heterocycles. The van der Waals surface area contributed by atoms with Crippen LogP contribution in [-0.4, -0.2) is 64.5 Å². The number of carbonyl (C=O) groups is 1. The number of anilines is 2. The van der Waals surface area contributed by atoms with Crippen molar-refractivity contribution in [3.8, 4) is 0 Å². The van der Waals surface area contributed by atoms with E-state index in [1.54, 1.807) is 16.8 Å². The molecule has 0 N–H and O–H groups in total. The number of alkyl halides is 6. The Labute approximate surface area is 263 Å². The summed E-state index contributed by atoms with van der Waals surface area (Å²) in [5.41, 5.74) is 0.955. The number of hydrogen-bond acceptors (Lipinski definition) is 7. The Balaban J connectivity index is 1.53. The minimum atomic E-state index is -4.97. The highest BCUT2D eigenvalue weighted by atomic mass is 19.4. The second kappa shape index (κ2) is 13.0. The van der Waals surface area contributed by atoms with Crippen molar-refractivity contribution in [2.24, 2.45) is 13.0 Å². The molecule has 2 aromatic carbocycles. The molecule has 9 nitrogen and oxygen atoms in total. The van der Waals surface area contributed by atoms with Crippen LogP contribution in [0.3, 0.4) is 0 Å². The Morgan fingerprint density at radius 3 is 2.17 bits per heavy atom. The summed E-state index contributed by atoms with van der Waals surface area (Å²) in [6.45, 7) is 6.29. The third kappa shape index (κ3) is 7.33. The lowest BCUT2D eigenvalue weighted by Gasteiger charge is -2.37. The van der Waals surface area contributed by atoms with Gasteiger partial charge >= 0.3 is 18.4 Å². The summed E-state index contributed by atoms with van der Waals surface area (Å²) in [4.78, 5) is 18.9. The molecule has 0 aliphatic carbocycles. The zero-order valence-corrected chi connectivity index (χ0v) is 26.1. The smallest absolute Gasteiger partial charge is 0.416 e. The number of tetrazole rings is 1. The van der Waals surface area contributed by atoms with Crippen LogP contribution in [0.25, 0.3) is 0 Å². The molecular weight excluding hydrogens is 616 g/mol. The second-order valence-electron chi connectivity index (χ2n) is 12.1. The van der Waals surface area contributed by atoms with Crippen LogP contribution in [0.15, 0.2) is 30.3 Å². The number of carbonyl (C=O) groups excluding carboxylic acids is 1. The largest absolute Gasteiger partial charge is 0.453 e. The fourth-order valence-corrected chi connectivity index (χ4v) is 6.68. The van der Waals surface area contributed by atoms with Gasteiger partial charge in [-0.1, -0.05) is 22.8 Å². The van der Waals surface area contributed by atoms with Crippen molar-refractivity contribution in [2.75, 3.05) is 43.1 Å². The number of likely N-dealkylation sites (tertiary alicyclic amines) is 1. The van der Waals surface area contributed by atoms with Crippen LogP contribution < -0.4 is 9.80 Å². The molecule has 1 aromatic heterocycles. The number of rotatable bonds is 6. The summed E-state index contributed by atoms with van der Waals surface area (Å²) in [7, 11) is 2.91. The van der Waals surface area contributed by atoms with Crippen molar-refractivity contribution in [2.45, 2.75) is 64.5 Å². The predicted molar refractivity (Wildman–Crippen MR) is 158 cm³/mol. The third-order valence-electron chi connectivity index (χ3n) is 8.71. The van der Waals surface area contributed by atoms with Crippen LogP contribution in [-0.2, 0) is 30.7 Å². The first-order valence-corrected chi connectivity index (χ1v) is 15.1. The van der Waals surface area contributed by atoms with Crippen molar-refractivity contribution in [3.05, 3.63) is 63.7 Å². The topological polar surface area (TPSA) is 79.6 Å². The zero-order chi connectivity index (χ0) is 33.4. The lowest BCUT2D eigenvalue weighted by molar-refractivity contribution is -0.143. The zero-order valence-electron chi connectivity index (χ0n) is 26.1. The van der Waals surface area contributed by atoms with E-state index in [1.807, 2.05) is 19.9 Å². The van der Waals surface area contributed by atoms with Crippen molar-refractivity contribution >= 4 is 17.7 Å². The standard InChI is InChI=1S/C31H37F6N7O2/c1-19-12-20(2)27-25(13-19)26(6-5-9-43(27)17-21-7-10-42(11-8-21)29(45)46-4)44(28-38-40-41(3)39-28)18-22-14-23(30(32,33)34)16-24(15-22)31(35,36)37/h12-16,21,26H,5-11,17-18H2,1-4H3/t26-/m1/s1. The Morgan fingerprint density at radius 2 is 1.61 bits per heavy atom. The summed E-state index contributed by atoms with van der Waals surface area (Å²) in [6, 6.07) is 5.28. The van der Waals surface area contributed by atoms with Gasteiger partial charge in [0.25, 0.3) is 5.95 Å². The Kier molecular flexibility index (Phi) is 9.41. The molecular formula is C31H37F6N7O2. The summed E-state index contributed by atoms with van der Waals surface area (Å²) < 4.78 is 87.4. The maximum atomic E-state index is 13.8. The van der Waals surface area contributed by atoms with E-state index >= 15 is 0 Å². The van der Waals surface area contributed by atoms with Crippen molar-refractivity contribution in [1.82, 2.24) is 25.1 Å². The van der Waals surface area contributed by atoms with Gasteiger partial charge in [-0.3, -0.25) is 0 Å². The monoisotopic (exact) mass is 653 g/mol. The van der Waals surface area contributed by atoms with Gasteiger partial charge < -0.3 is 19.4 Å². The van der Waals surface area contributed by atoms with Crippen LogP contribution in [0, 0.1) is 19.8 Å². The molecule has 3 heterocycles. The molecule has 46 heavy (non-hydrogen) atoms. The van der Waals surface area contributed by atoms with Gasteiger partial charge in [0.1, 0.15) is 0 Å². The van der Waals surface area contributed by atoms with E-state index in [4.69, 9.17) is 4.74 Å². The van der Waals surface area contributed by atoms with Gasteiger partial charge in [-0.2, -0.15) is 31.1 Å². The van der Waals surface area contributed by atoms with Gasteiger partial charge in [-0.15, -0.1) is 5.10 Å². The molecule has 1 atom stereocenters. The summed E-state index contributed by atoms with van der Waals surface area (Å²) >= 11 is 0. The molecule has 1 fully saturated rings. The predicted octanol–water partition coefficient (Wildman–Crippen LogP) is 6.69. The van der Waals surface area contributed by atoms with Gasteiger partial charge in [-0.25, -0.2) is 4.79 Å². The number of methoxy groups -OCH3 is 1. The number of amides is 1. The maximum absolute atomic E-state index is 13.8. The highest BCUT2D eigenvalue weighted by Crippen LogP contribution is 2.43. The van der Waals surface area contributed by atoms with E-state index in [0.29, 0.717) is 38.4 Å². The van der Waals surface area contributed by atoms with E-state index in [9.17, 15) is 31.1 Å². The van der Waals surface area contributed by atoms with Gasteiger partial charge in [0.05, 0.1) is 31.3 Å². The molecule has 0 unspecified atom stereocenters. The Bertz CT molecular complexity index is 1520. The molecule has 0 spiro atoms. The van der Waals surface area contributed by atoms with Crippen LogP contribution in [0.2, 0.25) is 0 Å². The van der Waals surface area contributed by atoms with Crippen molar-refractivity contribution in [1.29, 1.82) is 0 Å². The minimum Gasteiger partial charge on any atom is -0.453 e. The van der Waals surface area contributed by atoms with E-state index in [2.05, 4.69) is 26.4 Å². The highest BCUT2D eigenvalue weighted by molar-refractivity contribution is 5.67. The van der Waals surface area contributed by atoms with Crippen molar-refractivity contribution < 1.29 is 35.9 Å². The first-order valence-electron chi connectivity index (χ1n) is 15.1. The van der Waals surface area contributed by atoms with Gasteiger partial charge in [0.15, 0.2) is 0 Å². The lowest BCUT2D eigenvalue weighted by atomic mass is 9.93. The van der Waals surface area contributed by atoms with E-state index in [0.717, 1.165) is 53.9 Å². The summed E-state index contributed by atoms with van der Waals surface area (Å²) in [5, 5.41) is 12.4. The molecule has 3 aromatic rings. The number of ether oxygens (including phenoxy) is 1. The third-order valence-corrected chi connectivity index (χ3v) is 8.71. The van der Waals surface area contributed by atoms with Crippen LogP contribution >= 0.6 is 0 Å². The van der Waals surface area contributed by atoms with Gasteiger partial charge in [0.2, 0.25) is 0 Å². The lowest BCUT2D eigenvalue weighted by Crippen LogP contribution is -2.42.